The number of amides is 2. The van der Waals surface area contributed by atoms with Crippen LogP contribution in [0.3, 0.4) is 0 Å². The molecule has 2 heterocycles. The van der Waals surface area contributed by atoms with E-state index in [1.807, 2.05) is 0 Å². The van der Waals surface area contributed by atoms with Gasteiger partial charge in [-0.1, -0.05) is 17.7 Å². The standard InChI is InChI=1S/C15H19ClFN3O3/c1-15(2,3)23-14(22)20-8-9(17)7-10(20)13(21)19-12-6-4-5-11(16)18-12/h4-6,9-10H,7-8H2,1-3H3,(H,18,19,21)/t9-,10+/m1/s1. The lowest BCUT2D eigenvalue weighted by Crippen LogP contribution is -2.45. The molecule has 0 radical (unpaired) electrons. The summed E-state index contributed by atoms with van der Waals surface area (Å²) in [6.45, 7) is 4.95. The predicted octanol–water partition coefficient (Wildman–Crippen LogP) is 3.02. The Labute approximate surface area is 139 Å². The maximum Gasteiger partial charge on any atom is 0.411 e. The van der Waals surface area contributed by atoms with Crippen molar-refractivity contribution in [2.24, 2.45) is 0 Å². The van der Waals surface area contributed by atoms with Gasteiger partial charge in [0.1, 0.15) is 28.8 Å². The first-order valence-corrected chi connectivity index (χ1v) is 7.60. The molecule has 2 amide bonds. The van der Waals surface area contributed by atoms with Gasteiger partial charge in [0, 0.05) is 6.42 Å². The van der Waals surface area contributed by atoms with E-state index >= 15 is 0 Å². The van der Waals surface area contributed by atoms with Gasteiger partial charge in [-0.25, -0.2) is 14.2 Å². The van der Waals surface area contributed by atoms with Gasteiger partial charge in [0.2, 0.25) is 5.91 Å². The number of nitrogens with one attached hydrogen (secondary N) is 1. The van der Waals surface area contributed by atoms with Crippen LogP contribution in [0.15, 0.2) is 18.2 Å². The molecule has 1 saturated heterocycles. The van der Waals surface area contributed by atoms with E-state index in [0.29, 0.717) is 0 Å². The third-order valence-electron chi connectivity index (χ3n) is 3.15. The Kier molecular flexibility index (Phi) is 5.09. The van der Waals surface area contributed by atoms with Gasteiger partial charge < -0.3 is 10.1 Å². The molecule has 1 aliphatic rings. The molecule has 1 aromatic heterocycles. The summed E-state index contributed by atoms with van der Waals surface area (Å²) in [5.41, 5.74) is -0.721. The van der Waals surface area contributed by atoms with Gasteiger partial charge in [0.05, 0.1) is 6.54 Å². The minimum Gasteiger partial charge on any atom is -0.444 e. The first-order valence-electron chi connectivity index (χ1n) is 7.23. The number of carbonyl (C=O) groups excluding carboxylic acids is 2. The number of nitrogens with zero attached hydrogens (tertiary/aromatic N) is 2. The fourth-order valence-corrected chi connectivity index (χ4v) is 2.41. The van der Waals surface area contributed by atoms with E-state index in [4.69, 9.17) is 16.3 Å². The zero-order chi connectivity index (χ0) is 17.2. The number of aromatic nitrogens is 1. The Bertz CT molecular complexity index is 606. The van der Waals surface area contributed by atoms with Crippen LogP contribution < -0.4 is 5.32 Å². The third kappa shape index (κ3) is 4.79. The Hall–Kier alpha value is -1.89. The number of carbonyl (C=O) groups is 2. The highest BCUT2D eigenvalue weighted by Crippen LogP contribution is 2.24. The molecule has 0 bridgehead atoms. The van der Waals surface area contributed by atoms with E-state index in [2.05, 4.69) is 10.3 Å². The smallest absolute Gasteiger partial charge is 0.411 e. The lowest BCUT2D eigenvalue weighted by atomic mass is 10.2. The predicted molar refractivity (Wildman–Crippen MR) is 84.1 cm³/mol. The van der Waals surface area contributed by atoms with Crippen LogP contribution in [0.5, 0.6) is 0 Å². The number of likely N-dealkylation sites (tertiary alicyclic amines) is 1. The van der Waals surface area contributed by atoms with Crippen LogP contribution in [0.4, 0.5) is 15.0 Å². The van der Waals surface area contributed by atoms with Crippen LogP contribution in [-0.2, 0) is 9.53 Å². The highest BCUT2D eigenvalue weighted by molar-refractivity contribution is 6.29. The molecule has 0 aromatic carbocycles. The van der Waals surface area contributed by atoms with Crippen molar-refractivity contribution in [2.75, 3.05) is 11.9 Å². The zero-order valence-corrected chi connectivity index (χ0v) is 13.9. The zero-order valence-electron chi connectivity index (χ0n) is 13.2. The van der Waals surface area contributed by atoms with Crippen molar-refractivity contribution in [3.05, 3.63) is 23.4 Å². The molecule has 0 spiro atoms. The molecule has 23 heavy (non-hydrogen) atoms. The number of hydrogen-bond acceptors (Lipinski definition) is 4. The molecule has 1 aromatic rings. The van der Waals surface area contributed by atoms with E-state index in [9.17, 15) is 14.0 Å². The minimum absolute atomic E-state index is 0.0777. The van der Waals surface area contributed by atoms with Gasteiger partial charge >= 0.3 is 6.09 Å². The summed E-state index contributed by atoms with van der Waals surface area (Å²) in [4.78, 5) is 29.5. The van der Waals surface area contributed by atoms with Gasteiger partial charge in [-0.3, -0.25) is 9.69 Å². The normalized spacial score (nSPS) is 21.2. The third-order valence-corrected chi connectivity index (χ3v) is 3.36. The van der Waals surface area contributed by atoms with Crippen molar-refractivity contribution in [3.8, 4) is 0 Å². The highest BCUT2D eigenvalue weighted by atomic mass is 35.5. The quantitative estimate of drug-likeness (QED) is 0.838. The van der Waals surface area contributed by atoms with Gasteiger partial charge in [-0.05, 0) is 32.9 Å². The molecule has 126 valence electrons. The van der Waals surface area contributed by atoms with E-state index in [-0.39, 0.29) is 23.9 Å². The van der Waals surface area contributed by atoms with Crippen molar-refractivity contribution < 1.29 is 18.7 Å². The van der Waals surface area contributed by atoms with Crippen LogP contribution in [-0.4, -0.2) is 46.2 Å². The first-order chi connectivity index (χ1) is 10.7. The van der Waals surface area contributed by atoms with Gasteiger partial charge in [0.25, 0.3) is 0 Å². The molecular formula is C15H19ClFN3O3. The minimum atomic E-state index is -1.27. The van der Waals surface area contributed by atoms with Crippen molar-refractivity contribution >= 4 is 29.4 Å². The van der Waals surface area contributed by atoms with Crippen molar-refractivity contribution in [3.63, 3.8) is 0 Å². The molecule has 1 N–H and O–H groups in total. The van der Waals surface area contributed by atoms with E-state index in [0.717, 1.165) is 4.90 Å². The second-order valence-corrected chi connectivity index (χ2v) is 6.70. The van der Waals surface area contributed by atoms with Crippen LogP contribution >= 0.6 is 11.6 Å². The lowest BCUT2D eigenvalue weighted by Gasteiger charge is -2.27. The van der Waals surface area contributed by atoms with Gasteiger partial charge in [-0.2, -0.15) is 0 Å². The average Bonchev–Trinajstić information content (AvgIpc) is 2.79. The summed E-state index contributed by atoms with van der Waals surface area (Å²) in [5, 5.41) is 2.77. The summed E-state index contributed by atoms with van der Waals surface area (Å²) < 4.78 is 18.9. The number of hydrogen-bond donors (Lipinski definition) is 1. The molecule has 1 fully saturated rings. The summed E-state index contributed by atoms with van der Waals surface area (Å²) in [5.74, 6) is -0.278. The fraction of sp³-hybridized carbons (Fsp3) is 0.533. The number of pyridine rings is 1. The van der Waals surface area contributed by atoms with Crippen LogP contribution in [0.2, 0.25) is 5.15 Å². The fourth-order valence-electron chi connectivity index (χ4n) is 2.24. The second-order valence-electron chi connectivity index (χ2n) is 6.32. The van der Waals surface area contributed by atoms with Crippen LogP contribution in [0.1, 0.15) is 27.2 Å². The summed E-state index contributed by atoms with van der Waals surface area (Å²) in [7, 11) is 0. The van der Waals surface area contributed by atoms with Crippen molar-refractivity contribution in [1.82, 2.24) is 9.88 Å². The molecule has 0 unspecified atom stereocenters. The molecule has 2 rings (SSSR count). The Morgan fingerprint density at radius 1 is 1.43 bits per heavy atom. The average molecular weight is 344 g/mol. The van der Waals surface area contributed by atoms with Crippen molar-refractivity contribution in [1.29, 1.82) is 0 Å². The summed E-state index contributed by atoms with van der Waals surface area (Å²) >= 11 is 5.76. The summed E-state index contributed by atoms with van der Waals surface area (Å²) in [6.07, 6.45) is -2.06. The topological polar surface area (TPSA) is 71.5 Å². The maximum absolute atomic E-state index is 13.7. The van der Waals surface area contributed by atoms with Crippen LogP contribution in [0, 0.1) is 0 Å². The number of alkyl halides is 1. The SMILES string of the molecule is CC(C)(C)OC(=O)N1C[C@H](F)C[C@H]1C(=O)Nc1cccc(Cl)n1. The largest absolute Gasteiger partial charge is 0.444 e. The Balaban J connectivity index is 2.09. The number of ether oxygens (including phenoxy) is 1. The second kappa shape index (κ2) is 6.70. The van der Waals surface area contributed by atoms with Crippen molar-refractivity contribution in [2.45, 2.75) is 45.0 Å². The monoisotopic (exact) mass is 343 g/mol. The number of halogens is 2. The molecule has 6 nitrogen and oxygen atoms in total. The number of rotatable bonds is 2. The van der Waals surface area contributed by atoms with E-state index in [1.165, 1.54) is 0 Å². The maximum atomic E-state index is 13.7. The lowest BCUT2D eigenvalue weighted by molar-refractivity contribution is -0.120. The molecule has 1 aliphatic heterocycles. The summed E-state index contributed by atoms with van der Waals surface area (Å²) in [6, 6.07) is 3.81. The van der Waals surface area contributed by atoms with Gasteiger partial charge in [-0.15, -0.1) is 0 Å². The first kappa shape index (κ1) is 17.5. The molecule has 0 saturated carbocycles. The highest BCUT2D eigenvalue weighted by Gasteiger charge is 2.41. The van der Waals surface area contributed by atoms with Gasteiger partial charge in [0.15, 0.2) is 0 Å². The van der Waals surface area contributed by atoms with Crippen LogP contribution in [0.25, 0.3) is 0 Å². The molecule has 0 aliphatic carbocycles. The molecule has 8 heteroatoms. The van der Waals surface area contributed by atoms with E-state index in [1.54, 1.807) is 39.0 Å². The molecule has 2 atom stereocenters. The Morgan fingerprint density at radius 2 is 2.13 bits per heavy atom. The Morgan fingerprint density at radius 3 is 2.74 bits per heavy atom. The van der Waals surface area contributed by atoms with E-state index < -0.39 is 29.8 Å². The number of anilines is 1. The molecular weight excluding hydrogens is 325 g/mol.